The topological polar surface area (TPSA) is 0 Å². The maximum Gasteiger partial charge on any atom is 0.0776 e. The van der Waals surface area contributed by atoms with Crippen LogP contribution in [0.4, 0.5) is 0 Å². The van der Waals surface area contributed by atoms with Gasteiger partial charge in [-0.2, -0.15) is 0 Å². The lowest BCUT2D eigenvalue weighted by Gasteiger charge is -2.20. The van der Waals surface area contributed by atoms with Crippen LogP contribution in [0.1, 0.15) is 22.3 Å². The SMILES string of the molecule is C[Si](C)(C)C1=C/c2c(ccc3c2Cc2ccccc2-3)/C=C/C=C\1. The number of allylic oxidation sites excluding steroid dienone is 4. The van der Waals surface area contributed by atoms with Crippen LogP contribution in [0, 0.1) is 0 Å². The molecule has 4 rings (SSSR count). The first-order chi connectivity index (χ1) is 11.0. The highest BCUT2D eigenvalue weighted by atomic mass is 28.3. The zero-order valence-corrected chi connectivity index (χ0v) is 15.1. The van der Waals surface area contributed by atoms with Crippen LogP contribution in [0.3, 0.4) is 0 Å². The van der Waals surface area contributed by atoms with E-state index in [2.05, 4.69) is 86.4 Å². The van der Waals surface area contributed by atoms with Crippen LogP contribution < -0.4 is 0 Å². The molecule has 0 bridgehead atoms. The van der Waals surface area contributed by atoms with Crippen molar-refractivity contribution in [1.29, 1.82) is 0 Å². The Hall–Kier alpha value is -2.12. The molecule has 23 heavy (non-hydrogen) atoms. The molecule has 2 aromatic carbocycles. The summed E-state index contributed by atoms with van der Waals surface area (Å²) in [7, 11) is -1.35. The first-order valence-corrected chi connectivity index (χ1v) is 11.8. The van der Waals surface area contributed by atoms with Gasteiger partial charge in [0.1, 0.15) is 0 Å². The summed E-state index contributed by atoms with van der Waals surface area (Å²) in [5, 5.41) is 1.52. The van der Waals surface area contributed by atoms with Crippen LogP contribution in [-0.2, 0) is 6.42 Å². The van der Waals surface area contributed by atoms with Crippen molar-refractivity contribution in [2.45, 2.75) is 26.1 Å². The zero-order valence-electron chi connectivity index (χ0n) is 14.1. The summed E-state index contributed by atoms with van der Waals surface area (Å²) in [6.45, 7) is 7.27. The molecule has 2 aromatic rings. The summed E-state index contributed by atoms with van der Waals surface area (Å²) in [4.78, 5) is 0. The molecule has 0 saturated carbocycles. The molecule has 0 fully saturated rings. The minimum Gasteiger partial charge on any atom is -0.0656 e. The van der Waals surface area contributed by atoms with Gasteiger partial charge in [-0.1, -0.05) is 91.6 Å². The van der Waals surface area contributed by atoms with Crippen molar-refractivity contribution >= 4 is 20.2 Å². The molecule has 0 radical (unpaired) electrons. The first kappa shape index (κ1) is 14.5. The van der Waals surface area contributed by atoms with Gasteiger partial charge in [0.2, 0.25) is 0 Å². The molecular formula is C22H22Si. The van der Waals surface area contributed by atoms with Crippen LogP contribution in [0.2, 0.25) is 19.6 Å². The summed E-state index contributed by atoms with van der Waals surface area (Å²) in [6, 6.07) is 13.4. The second-order valence-corrected chi connectivity index (χ2v) is 12.6. The van der Waals surface area contributed by atoms with Crippen LogP contribution in [0.5, 0.6) is 0 Å². The van der Waals surface area contributed by atoms with Gasteiger partial charge in [0.15, 0.2) is 0 Å². The average molecular weight is 315 g/mol. The fourth-order valence-electron chi connectivity index (χ4n) is 3.56. The maximum absolute atomic E-state index is 2.46. The summed E-state index contributed by atoms with van der Waals surface area (Å²) in [6.07, 6.45) is 12.4. The Balaban J connectivity index is 1.96. The van der Waals surface area contributed by atoms with E-state index in [1.54, 1.807) is 0 Å². The summed E-state index contributed by atoms with van der Waals surface area (Å²) in [5.41, 5.74) is 8.56. The van der Waals surface area contributed by atoms with E-state index >= 15 is 0 Å². The predicted octanol–water partition coefficient (Wildman–Crippen LogP) is 6.10. The third kappa shape index (κ3) is 2.45. The van der Waals surface area contributed by atoms with E-state index in [0.717, 1.165) is 6.42 Å². The Kier molecular flexibility index (Phi) is 3.28. The highest BCUT2D eigenvalue weighted by Gasteiger charge is 2.24. The standard InChI is InChI=1S/C22H22Si/c1-23(2,3)18-10-6-4-8-16-12-13-20-19-11-7-5-9-17(19)14-22(20)21(16)15-18/h4-13,15H,14H2,1-3H3/b6-4?,8-4+,10-6-,16-8?,18-10?,18-15+,21-15?. The molecule has 0 amide bonds. The van der Waals surface area contributed by atoms with E-state index in [9.17, 15) is 0 Å². The molecule has 0 spiro atoms. The second-order valence-electron chi connectivity index (χ2n) is 7.50. The van der Waals surface area contributed by atoms with E-state index in [-0.39, 0.29) is 0 Å². The highest BCUT2D eigenvalue weighted by Crippen LogP contribution is 2.41. The number of fused-ring (bicyclic) bond motifs is 5. The largest absolute Gasteiger partial charge is 0.0776 e. The van der Waals surface area contributed by atoms with E-state index in [0.29, 0.717) is 0 Å². The zero-order chi connectivity index (χ0) is 16.0. The third-order valence-corrected chi connectivity index (χ3v) is 6.94. The second kappa shape index (κ2) is 5.21. The third-order valence-electron chi connectivity index (χ3n) is 4.89. The molecule has 2 aliphatic rings. The highest BCUT2D eigenvalue weighted by molar-refractivity contribution is 6.84. The van der Waals surface area contributed by atoms with Gasteiger partial charge in [-0.3, -0.25) is 0 Å². The molecule has 2 aliphatic carbocycles. The normalized spacial score (nSPS) is 20.4. The van der Waals surface area contributed by atoms with Gasteiger partial charge in [0.25, 0.3) is 0 Å². The Labute approximate surface area is 139 Å². The smallest absolute Gasteiger partial charge is 0.0656 e. The monoisotopic (exact) mass is 314 g/mol. The summed E-state index contributed by atoms with van der Waals surface area (Å²) >= 11 is 0. The molecule has 0 N–H and O–H groups in total. The van der Waals surface area contributed by atoms with Crippen molar-refractivity contribution in [2.24, 2.45) is 0 Å². The maximum atomic E-state index is 2.46. The van der Waals surface area contributed by atoms with Crippen molar-refractivity contribution in [3.63, 3.8) is 0 Å². The van der Waals surface area contributed by atoms with Gasteiger partial charge in [0.05, 0.1) is 8.07 Å². The lowest BCUT2D eigenvalue weighted by atomic mass is 9.94. The molecule has 0 heterocycles. The van der Waals surface area contributed by atoms with Gasteiger partial charge in [-0.15, -0.1) is 0 Å². The van der Waals surface area contributed by atoms with Crippen molar-refractivity contribution in [1.82, 2.24) is 0 Å². The average Bonchev–Trinajstić information content (AvgIpc) is 2.85. The molecule has 0 atom stereocenters. The van der Waals surface area contributed by atoms with E-state index in [1.807, 2.05) is 0 Å². The number of rotatable bonds is 1. The van der Waals surface area contributed by atoms with Crippen LogP contribution in [0.15, 0.2) is 59.8 Å². The Morgan fingerprint density at radius 3 is 2.43 bits per heavy atom. The number of hydrogen-bond donors (Lipinski definition) is 0. The number of hydrogen-bond acceptors (Lipinski definition) is 0. The quantitative estimate of drug-likeness (QED) is 0.476. The van der Waals surface area contributed by atoms with Crippen molar-refractivity contribution < 1.29 is 0 Å². The minimum absolute atomic E-state index is 1.06. The van der Waals surface area contributed by atoms with E-state index in [4.69, 9.17) is 0 Å². The minimum atomic E-state index is -1.35. The van der Waals surface area contributed by atoms with Gasteiger partial charge in [0, 0.05) is 0 Å². The lowest BCUT2D eigenvalue weighted by molar-refractivity contribution is 1.25. The van der Waals surface area contributed by atoms with Crippen molar-refractivity contribution in [3.05, 3.63) is 82.1 Å². The molecule has 0 aliphatic heterocycles. The molecule has 0 nitrogen and oxygen atoms in total. The van der Waals surface area contributed by atoms with E-state index in [1.165, 1.54) is 38.6 Å². The molecule has 1 heteroatoms. The summed E-state index contributed by atoms with van der Waals surface area (Å²) < 4.78 is 0. The fraction of sp³-hybridized carbons (Fsp3) is 0.182. The fourth-order valence-corrected chi connectivity index (χ4v) is 4.73. The molecule has 0 aromatic heterocycles. The molecular weight excluding hydrogens is 292 g/mol. The Morgan fingerprint density at radius 2 is 1.61 bits per heavy atom. The first-order valence-electron chi connectivity index (χ1n) is 8.35. The van der Waals surface area contributed by atoms with Crippen LogP contribution in [-0.4, -0.2) is 8.07 Å². The molecule has 0 saturated heterocycles. The Bertz CT molecular complexity index is 873. The van der Waals surface area contributed by atoms with Gasteiger partial charge in [-0.05, 0) is 39.8 Å². The lowest BCUT2D eigenvalue weighted by Crippen LogP contribution is -2.22. The van der Waals surface area contributed by atoms with Gasteiger partial charge < -0.3 is 0 Å². The van der Waals surface area contributed by atoms with Gasteiger partial charge in [-0.25, -0.2) is 0 Å². The predicted molar refractivity (Wildman–Crippen MR) is 104 cm³/mol. The van der Waals surface area contributed by atoms with Crippen molar-refractivity contribution in [2.75, 3.05) is 0 Å². The Morgan fingerprint density at radius 1 is 0.826 bits per heavy atom. The van der Waals surface area contributed by atoms with Crippen LogP contribution >= 0.6 is 0 Å². The van der Waals surface area contributed by atoms with Gasteiger partial charge >= 0.3 is 0 Å². The van der Waals surface area contributed by atoms with E-state index < -0.39 is 8.07 Å². The van der Waals surface area contributed by atoms with Crippen LogP contribution in [0.25, 0.3) is 23.3 Å². The van der Waals surface area contributed by atoms with Crippen molar-refractivity contribution in [3.8, 4) is 11.1 Å². The molecule has 114 valence electrons. The number of benzene rings is 2. The summed E-state index contributed by atoms with van der Waals surface area (Å²) in [5.74, 6) is 0. The molecule has 0 unspecified atom stereocenters.